The third-order valence-corrected chi connectivity index (χ3v) is 2.68. The highest BCUT2D eigenvalue weighted by Gasteiger charge is 2.02. The highest BCUT2D eigenvalue weighted by Crippen LogP contribution is 2.07. The molecule has 0 aromatic heterocycles. The third kappa shape index (κ3) is 10.1. The maximum Gasteiger partial charge on any atom is 0.0572 e. The van der Waals surface area contributed by atoms with E-state index in [4.69, 9.17) is 4.74 Å². The van der Waals surface area contributed by atoms with Gasteiger partial charge in [0.05, 0.1) is 6.10 Å². The van der Waals surface area contributed by atoms with E-state index in [9.17, 15) is 0 Å². The average molecular weight is 236 g/mol. The molecule has 1 rings (SSSR count). The zero-order valence-electron chi connectivity index (χ0n) is 11.9. The van der Waals surface area contributed by atoms with Crippen molar-refractivity contribution in [1.82, 2.24) is 0 Å². The quantitative estimate of drug-likeness (QED) is 0.676. The van der Waals surface area contributed by atoms with Crippen LogP contribution in [0.3, 0.4) is 0 Å². The van der Waals surface area contributed by atoms with Crippen LogP contribution in [0.15, 0.2) is 30.3 Å². The highest BCUT2D eigenvalue weighted by atomic mass is 16.5. The molecule has 17 heavy (non-hydrogen) atoms. The van der Waals surface area contributed by atoms with Crippen LogP contribution in [0.25, 0.3) is 0 Å². The van der Waals surface area contributed by atoms with Crippen molar-refractivity contribution in [2.24, 2.45) is 0 Å². The fourth-order valence-corrected chi connectivity index (χ4v) is 1.61. The first-order valence-corrected chi connectivity index (χ1v) is 6.87. The second kappa shape index (κ2) is 11.7. The lowest BCUT2D eigenvalue weighted by Crippen LogP contribution is -2.10. The average Bonchev–Trinajstić information content (AvgIpc) is 2.36. The van der Waals surface area contributed by atoms with Gasteiger partial charge < -0.3 is 4.74 Å². The molecule has 98 valence electrons. The van der Waals surface area contributed by atoms with E-state index in [1.807, 2.05) is 18.2 Å². The van der Waals surface area contributed by atoms with Gasteiger partial charge in [0.2, 0.25) is 0 Å². The van der Waals surface area contributed by atoms with Gasteiger partial charge in [0.15, 0.2) is 0 Å². The third-order valence-electron chi connectivity index (χ3n) is 2.68. The summed E-state index contributed by atoms with van der Waals surface area (Å²) < 4.78 is 5.49. The van der Waals surface area contributed by atoms with Gasteiger partial charge in [0.1, 0.15) is 0 Å². The van der Waals surface area contributed by atoms with E-state index < -0.39 is 0 Å². The monoisotopic (exact) mass is 236 g/mol. The van der Waals surface area contributed by atoms with E-state index in [2.05, 4.69) is 39.8 Å². The molecule has 0 radical (unpaired) electrons. The summed E-state index contributed by atoms with van der Waals surface area (Å²) in [5, 5.41) is 0. The lowest BCUT2D eigenvalue weighted by atomic mass is 10.1. The van der Waals surface area contributed by atoms with Crippen molar-refractivity contribution >= 4 is 0 Å². The number of hydrogen-bond acceptors (Lipinski definition) is 1. The van der Waals surface area contributed by atoms with Gasteiger partial charge in [-0.15, -0.1) is 0 Å². The minimum Gasteiger partial charge on any atom is -0.379 e. The Morgan fingerprint density at radius 3 is 2.06 bits per heavy atom. The summed E-state index contributed by atoms with van der Waals surface area (Å²) >= 11 is 0. The van der Waals surface area contributed by atoms with Gasteiger partial charge in [-0.2, -0.15) is 0 Å². The van der Waals surface area contributed by atoms with Gasteiger partial charge >= 0.3 is 0 Å². The number of rotatable bonds is 6. The second-order valence-electron chi connectivity index (χ2n) is 4.28. The Hall–Kier alpha value is -0.820. The first-order chi connectivity index (χ1) is 8.24. The van der Waals surface area contributed by atoms with Crippen LogP contribution in [0.5, 0.6) is 0 Å². The zero-order chi connectivity index (χ0) is 12.9. The lowest BCUT2D eigenvalue weighted by Gasteiger charge is -2.13. The molecule has 0 saturated carbocycles. The summed E-state index contributed by atoms with van der Waals surface area (Å²) in [7, 11) is 0. The molecule has 0 N–H and O–H groups in total. The van der Waals surface area contributed by atoms with Crippen LogP contribution in [0.2, 0.25) is 0 Å². The molecule has 0 amide bonds. The molecule has 0 spiro atoms. The number of benzene rings is 1. The van der Waals surface area contributed by atoms with Crippen molar-refractivity contribution in [2.75, 3.05) is 6.61 Å². The predicted molar refractivity (Wildman–Crippen MR) is 76.4 cm³/mol. The van der Waals surface area contributed by atoms with Gasteiger partial charge in [-0.1, -0.05) is 62.6 Å². The van der Waals surface area contributed by atoms with Crippen molar-refractivity contribution in [1.29, 1.82) is 0 Å². The maximum atomic E-state index is 5.49. The molecule has 1 nitrogen and oxygen atoms in total. The van der Waals surface area contributed by atoms with Gasteiger partial charge in [0.25, 0.3) is 0 Å². The van der Waals surface area contributed by atoms with E-state index in [1.165, 1.54) is 24.8 Å². The van der Waals surface area contributed by atoms with Gasteiger partial charge in [-0.3, -0.25) is 0 Å². The largest absolute Gasteiger partial charge is 0.379 e. The van der Waals surface area contributed by atoms with Crippen molar-refractivity contribution < 1.29 is 4.74 Å². The summed E-state index contributed by atoms with van der Waals surface area (Å²) in [6.07, 6.45) is 5.50. The molecule has 0 aliphatic rings. The van der Waals surface area contributed by atoms with Gasteiger partial charge in [0, 0.05) is 6.61 Å². The van der Waals surface area contributed by atoms with Crippen LogP contribution in [-0.4, -0.2) is 12.7 Å². The number of ether oxygens (including phenoxy) is 1. The summed E-state index contributed by atoms with van der Waals surface area (Å²) in [5.74, 6) is 0. The smallest absolute Gasteiger partial charge is 0.0572 e. The second-order valence-corrected chi connectivity index (χ2v) is 4.28. The van der Waals surface area contributed by atoms with Crippen LogP contribution in [0, 0.1) is 6.92 Å². The van der Waals surface area contributed by atoms with E-state index in [1.54, 1.807) is 0 Å². The minimum atomic E-state index is 0.518. The molecule has 1 aromatic carbocycles. The molecule has 0 saturated heterocycles. The molecule has 1 unspecified atom stereocenters. The molecule has 0 aliphatic carbocycles. The molecule has 1 aromatic rings. The molecule has 0 aliphatic heterocycles. The topological polar surface area (TPSA) is 9.23 Å². The Bertz CT molecular complexity index is 243. The predicted octanol–water partition coefficient (Wildman–Crippen LogP) is 4.99. The molecular weight excluding hydrogens is 208 g/mol. The standard InChI is InChI=1S/C9H20O.C7H8/c1-4-7-8-9(5-2)10-6-3;1-7-5-3-2-4-6-7/h9H,4-8H2,1-3H3;2-6H,1H3. The van der Waals surface area contributed by atoms with E-state index in [-0.39, 0.29) is 0 Å². The van der Waals surface area contributed by atoms with Gasteiger partial charge in [-0.25, -0.2) is 0 Å². The van der Waals surface area contributed by atoms with Crippen molar-refractivity contribution in [3.05, 3.63) is 35.9 Å². The van der Waals surface area contributed by atoms with Crippen LogP contribution in [-0.2, 0) is 4.74 Å². The summed E-state index contributed by atoms with van der Waals surface area (Å²) in [6, 6.07) is 10.3. The number of hydrogen-bond donors (Lipinski definition) is 0. The minimum absolute atomic E-state index is 0.518. The van der Waals surface area contributed by atoms with Crippen LogP contribution < -0.4 is 0 Å². The molecule has 1 atom stereocenters. The van der Waals surface area contributed by atoms with E-state index in [0.717, 1.165) is 13.0 Å². The number of unbranched alkanes of at least 4 members (excludes halogenated alkanes) is 1. The van der Waals surface area contributed by atoms with Crippen LogP contribution in [0.1, 0.15) is 52.0 Å². The SMILES string of the molecule is CCCCC(CC)OCC.Cc1ccccc1. The Labute approximate surface area is 107 Å². The van der Waals surface area contributed by atoms with Crippen LogP contribution in [0.4, 0.5) is 0 Å². The molecule has 1 heteroatoms. The Morgan fingerprint density at radius 1 is 1.06 bits per heavy atom. The van der Waals surface area contributed by atoms with Crippen molar-refractivity contribution in [2.45, 2.75) is 59.5 Å². The normalized spacial score (nSPS) is 11.5. The summed E-state index contributed by atoms with van der Waals surface area (Å²) in [5.41, 5.74) is 1.32. The fourth-order valence-electron chi connectivity index (χ4n) is 1.61. The Morgan fingerprint density at radius 2 is 1.71 bits per heavy atom. The van der Waals surface area contributed by atoms with E-state index >= 15 is 0 Å². The van der Waals surface area contributed by atoms with Crippen molar-refractivity contribution in [3.63, 3.8) is 0 Å². The van der Waals surface area contributed by atoms with E-state index in [0.29, 0.717) is 6.10 Å². The lowest BCUT2D eigenvalue weighted by molar-refractivity contribution is 0.0527. The van der Waals surface area contributed by atoms with Gasteiger partial charge in [-0.05, 0) is 26.7 Å². The van der Waals surface area contributed by atoms with Crippen molar-refractivity contribution in [3.8, 4) is 0 Å². The summed E-state index contributed by atoms with van der Waals surface area (Å²) in [4.78, 5) is 0. The first kappa shape index (κ1) is 16.2. The summed E-state index contributed by atoms with van der Waals surface area (Å²) in [6.45, 7) is 9.42. The van der Waals surface area contributed by atoms with Crippen LogP contribution >= 0.6 is 0 Å². The fraction of sp³-hybridized carbons (Fsp3) is 0.625. The molecule has 0 bridgehead atoms. The highest BCUT2D eigenvalue weighted by molar-refractivity contribution is 5.11. The molecule has 0 fully saturated rings. The number of aryl methyl sites for hydroxylation is 1. The molecule has 0 heterocycles. The zero-order valence-corrected chi connectivity index (χ0v) is 11.9. The maximum absolute atomic E-state index is 5.49. The Kier molecular flexibility index (Phi) is 11.1. The Balaban J connectivity index is 0.000000318. The first-order valence-electron chi connectivity index (χ1n) is 6.87. The molecular formula is C16H28O.